The summed E-state index contributed by atoms with van der Waals surface area (Å²) < 4.78 is 0. The minimum absolute atomic E-state index is 0.152. The van der Waals surface area contributed by atoms with Crippen molar-refractivity contribution >= 4 is 11.7 Å². The third-order valence-electron chi connectivity index (χ3n) is 3.33. The summed E-state index contributed by atoms with van der Waals surface area (Å²) in [6, 6.07) is 8.22. The molecule has 1 aliphatic heterocycles. The maximum absolute atomic E-state index is 12.4. The van der Waals surface area contributed by atoms with Crippen LogP contribution in [-0.2, 0) is 0 Å². The van der Waals surface area contributed by atoms with Gasteiger partial charge in [-0.15, -0.1) is 0 Å². The van der Waals surface area contributed by atoms with Gasteiger partial charge >= 0.3 is 6.03 Å². The molecular formula is C14H20N2O. The molecule has 0 unspecified atom stereocenters. The molecule has 0 saturated carbocycles. The Morgan fingerprint density at radius 1 is 1.29 bits per heavy atom. The molecule has 1 aliphatic rings. The molecule has 2 rings (SSSR count). The third kappa shape index (κ3) is 2.43. The van der Waals surface area contributed by atoms with Crippen molar-refractivity contribution in [3.8, 4) is 0 Å². The number of carbonyl (C=O) groups is 1. The molecule has 3 nitrogen and oxygen atoms in total. The smallest absolute Gasteiger partial charge is 0.324 e. The number of aryl methyl sites for hydroxylation is 1. The normalized spacial score (nSPS) is 15.1. The van der Waals surface area contributed by atoms with Crippen LogP contribution in [0.25, 0.3) is 0 Å². The van der Waals surface area contributed by atoms with Gasteiger partial charge in [0.25, 0.3) is 0 Å². The van der Waals surface area contributed by atoms with Gasteiger partial charge in [0, 0.05) is 25.3 Å². The van der Waals surface area contributed by atoms with Crippen molar-refractivity contribution in [3.05, 3.63) is 29.8 Å². The molecule has 1 aromatic carbocycles. The molecule has 0 aliphatic carbocycles. The van der Waals surface area contributed by atoms with E-state index in [0.717, 1.165) is 43.7 Å². The Morgan fingerprint density at radius 2 is 1.94 bits per heavy atom. The van der Waals surface area contributed by atoms with E-state index in [1.54, 1.807) is 0 Å². The Morgan fingerprint density at radius 3 is 2.53 bits per heavy atom. The van der Waals surface area contributed by atoms with E-state index in [2.05, 4.69) is 13.0 Å². The van der Waals surface area contributed by atoms with E-state index in [9.17, 15) is 4.79 Å². The molecule has 1 aromatic rings. The average Bonchev–Trinajstić information content (AvgIpc) is 2.86. The fraction of sp³-hybridized carbons (Fsp3) is 0.500. The summed E-state index contributed by atoms with van der Waals surface area (Å²) in [4.78, 5) is 16.2. The van der Waals surface area contributed by atoms with Crippen LogP contribution in [0.2, 0.25) is 0 Å². The number of urea groups is 1. The van der Waals surface area contributed by atoms with Gasteiger partial charge in [-0.05, 0) is 38.3 Å². The highest BCUT2D eigenvalue weighted by Gasteiger charge is 2.24. The van der Waals surface area contributed by atoms with Crippen LogP contribution in [0.3, 0.4) is 0 Å². The Hall–Kier alpha value is -1.51. The van der Waals surface area contributed by atoms with Crippen molar-refractivity contribution in [2.75, 3.05) is 24.5 Å². The largest absolute Gasteiger partial charge is 0.324 e. The molecule has 3 heteroatoms. The number of rotatable bonds is 2. The Kier molecular flexibility index (Phi) is 3.67. The molecule has 0 aromatic heterocycles. The van der Waals surface area contributed by atoms with Gasteiger partial charge in [0.2, 0.25) is 0 Å². The second-order valence-electron chi connectivity index (χ2n) is 4.51. The first-order chi connectivity index (χ1) is 8.24. The zero-order valence-corrected chi connectivity index (χ0v) is 10.6. The number of hydrogen-bond acceptors (Lipinski definition) is 1. The lowest BCUT2D eigenvalue weighted by Gasteiger charge is -2.28. The van der Waals surface area contributed by atoms with Gasteiger partial charge in [-0.25, -0.2) is 4.79 Å². The van der Waals surface area contributed by atoms with Gasteiger partial charge in [-0.2, -0.15) is 0 Å². The summed E-state index contributed by atoms with van der Waals surface area (Å²) in [7, 11) is 0. The van der Waals surface area contributed by atoms with Crippen molar-refractivity contribution in [2.45, 2.75) is 26.7 Å². The van der Waals surface area contributed by atoms with Gasteiger partial charge < -0.3 is 4.90 Å². The number of anilines is 1. The summed E-state index contributed by atoms with van der Waals surface area (Å²) in [5.74, 6) is 0. The Bertz CT molecular complexity index is 397. The SMILES string of the molecule is CCN(C(=O)N1CCCC1)c1ccccc1C. The number of nitrogens with zero attached hydrogens (tertiary/aromatic N) is 2. The monoisotopic (exact) mass is 232 g/mol. The van der Waals surface area contributed by atoms with Gasteiger partial charge in [0.05, 0.1) is 0 Å². The molecule has 1 fully saturated rings. The van der Waals surface area contributed by atoms with Crippen molar-refractivity contribution in [1.29, 1.82) is 0 Å². The first kappa shape index (κ1) is 12.0. The zero-order valence-electron chi connectivity index (χ0n) is 10.6. The maximum atomic E-state index is 12.4. The van der Waals surface area contributed by atoms with Crippen molar-refractivity contribution in [1.82, 2.24) is 4.90 Å². The second kappa shape index (κ2) is 5.21. The number of amides is 2. The van der Waals surface area contributed by atoms with E-state index in [-0.39, 0.29) is 6.03 Å². The predicted octanol–water partition coefficient (Wildman–Crippen LogP) is 3.04. The molecule has 0 radical (unpaired) electrons. The summed E-state index contributed by atoms with van der Waals surface area (Å²) >= 11 is 0. The molecule has 92 valence electrons. The van der Waals surface area contributed by atoms with E-state index < -0.39 is 0 Å². The van der Waals surface area contributed by atoms with Crippen LogP contribution in [0.4, 0.5) is 10.5 Å². The Balaban J connectivity index is 2.21. The van der Waals surface area contributed by atoms with E-state index >= 15 is 0 Å². The lowest BCUT2D eigenvalue weighted by molar-refractivity contribution is 0.216. The fourth-order valence-corrected chi connectivity index (χ4v) is 2.35. The van der Waals surface area contributed by atoms with Gasteiger partial charge in [-0.1, -0.05) is 18.2 Å². The summed E-state index contributed by atoms with van der Waals surface area (Å²) in [6.45, 7) is 6.61. The van der Waals surface area contributed by atoms with Crippen molar-refractivity contribution in [2.24, 2.45) is 0 Å². The average molecular weight is 232 g/mol. The van der Waals surface area contributed by atoms with E-state index in [0.29, 0.717) is 0 Å². The number of benzene rings is 1. The summed E-state index contributed by atoms with van der Waals surface area (Å²) in [6.07, 6.45) is 2.27. The highest BCUT2D eigenvalue weighted by molar-refractivity contribution is 5.92. The van der Waals surface area contributed by atoms with Crippen LogP contribution in [0.1, 0.15) is 25.3 Å². The van der Waals surface area contributed by atoms with E-state index in [4.69, 9.17) is 0 Å². The highest BCUT2D eigenvalue weighted by atomic mass is 16.2. The maximum Gasteiger partial charge on any atom is 0.324 e. The second-order valence-corrected chi connectivity index (χ2v) is 4.51. The van der Waals surface area contributed by atoms with Crippen LogP contribution in [0, 0.1) is 6.92 Å². The van der Waals surface area contributed by atoms with Crippen molar-refractivity contribution < 1.29 is 4.79 Å². The number of hydrogen-bond donors (Lipinski definition) is 0. The molecule has 0 spiro atoms. The van der Waals surface area contributed by atoms with E-state index in [1.165, 1.54) is 0 Å². The lowest BCUT2D eigenvalue weighted by atomic mass is 10.2. The lowest BCUT2D eigenvalue weighted by Crippen LogP contribution is -2.42. The molecule has 1 saturated heterocycles. The van der Waals surface area contributed by atoms with Crippen LogP contribution in [0.5, 0.6) is 0 Å². The van der Waals surface area contributed by atoms with Gasteiger partial charge in [0.1, 0.15) is 0 Å². The minimum atomic E-state index is 0.152. The standard InChI is InChI=1S/C14H20N2O/c1-3-16(13-9-5-4-8-12(13)2)14(17)15-10-6-7-11-15/h4-5,8-9H,3,6-7,10-11H2,1-2H3. The molecule has 2 amide bonds. The van der Waals surface area contributed by atoms with Crippen LogP contribution < -0.4 is 4.90 Å². The summed E-state index contributed by atoms with van der Waals surface area (Å²) in [5.41, 5.74) is 2.19. The number of carbonyl (C=O) groups excluding carboxylic acids is 1. The number of para-hydroxylation sites is 1. The molecule has 0 N–H and O–H groups in total. The minimum Gasteiger partial charge on any atom is -0.324 e. The first-order valence-electron chi connectivity index (χ1n) is 6.36. The number of likely N-dealkylation sites (tertiary alicyclic amines) is 1. The van der Waals surface area contributed by atoms with E-state index in [1.807, 2.05) is 34.9 Å². The molecule has 1 heterocycles. The Labute approximate surface area is 103 Å². The molecular weight excluding hydrogens is 212 g/mol. The van der Waals surface area contributed by atoms with Crippen molar-refractivity contribution in [3.63, 3.8) is 0 Å². The molecule has 0 bridgehead atoms. The predicted molar refractivity (Wildman–Crippen MR) is 70.4 cm³/mol. The first-order valence-corrected chi connectivity index (χ1v) is 6.36. The highest BCUT2D eigenvalue weighted by Crippen LogP contribution is 2.22. The fourth-order valence-electron chi connectivity index (χ4n) is 2.35. The van der Waals surface area contributed by atoms with Crippen LogP contribution in [-0.4, -0.2) is 30.6 Å². The zero-order chi connectivity index (χ0) is 12.3. The van der Waals surface area contributed by atoms with Crippen LogP contribution >= 0.6 is 0 Å². The van der Waals surface area contributed by atoms with Gasteiger partial charge in [-0.3, -0.25) is 4.90 Å². The quantitative estimate of drug-likeness (QED) is 0.768. The van der Waals surface area contributed by atoms with Gasteiger partial charge in [0.15, 0.2) is 0 Å². The third-order valence-corrected chi connectivity index (χ3v) is 3.33. The molecule has 17 heavy (non-hydrogen) atoms. The summed E-state index contributed by atoms with van der Waals surface area (Å²) in [5, 5.41) is 0. The molecule has 0 atom stereocenters. The van der Waals surface area contributed by atoms with Crippen LogP contribution in [0.15, 0.2) is 24.3 Å². The topological polar surface area (TPSA) is 23.6 Å².